The molecule has 0 radical (unpaired) electrons. The highest BCUT2D eigenvalue weighted by Gasteiger charge is 2.20. The van der Waals surface area contributed by atoms with Crippen LogP contribution in [0.3, 0.4) is 0 Å². The molecule has 0 spiro atoms. The maximum absolute atomic E-state index is 9.81. The second-order valence-corrected chi connectivity index (χ2v) is 9.21. The van der Waals surface area contributed by atoms with Crippen LogP contribution in [0.15, 0.2) is 60.9 Å². The van der Waals surface area contributed by atoms with E-state index in [1.165, 1.54) is 16.7 Å². The van der Waals surface area contributed by atoms with Crippen LogP contribution in [-0.4, -0.2) is 39.2 Å². The van der Waals surface area contributed by atoms with Gasteiger partial charge in [-0.1, -0.05) is 30.2 Å². The molecule has 176 valence electrons. The third-order valence-corrected chi connectivity index (χ3v) is 6.78. The molecule has 5 heteroatoms. The van der Waals surface area contributed by atoms with Crippen molar-refractivity contribution in [1.82, 2.24) is 14.9 Å². The van der Waals surface area contributed by atoms with Gasteiger partial charge in [-0.25, -0.2) is 4.98 Å². The molecule has 2 aromatic carbocycles. The van der Waals surface area contributed by atoms with Gasteiger partial charge < -0.3 is 10.4 Å². The van der Waals surface area contributed by atoms with Crippen molar-refractivity contribution in [3.63, 3.8) is 0 Å². The second-order valence-electron chi connectivity index (χ2n) is 9.21. The number of hydrogen-bond acceptors (Lipinski definition) is 5. The van der Waals surface area contributed by atoms with Crippen molar-refractivity contribution in [3.05, 3.63) is 83.2 Å². The van der Waals surface area contributed by atoms with Gasteiger partial charge in [0.1, 0.15) is 5.52 Å². The van der Waals surface area contributed by atoms with Crippen LogP contribution in [0.4, 0.5) is 11.5 Å². The minimum Gasteiger partial charge on any atom is -0.392 e. The number of likely N-dealkylation sites (tertiary alicyclic amines) is 1. The van der Waals surface area contributed by atoms with Gasteiger partial charge in [0.25, 0.3) is 0 Å². The first-order valence-corrected chi connectivity index (χ1v) is 12.1. The molecule has 0 unspecified atom stereocenters. The molecule has 5 nitrogen and oxygen atoms in total. The average Bonchev–Trinajstić information content (AvgIpc) is 3.26. The van der Waals surface area contributed by atoms with Crippen LogP contribution in [-0.2, 0) is 6.54 Å². The summed E-state index contributed by atoms with van der Waals surface area (Å²) in [5, 5.41) is 14.4. The molecule has 0 aliphatic carbocycles. The highest BCUT2D eigenvalue weighted by molar-refractivity contribution is 5.91. The summed E-state index contributed by atoms with van der Waals surface area (Å²) in [6.07, 6.45) is 4.37. The topological polar surface area (TPSA) is 61.3 Å². The van der Waals surface area contributed by atoms with E-state index in [4.69, 9.17) is 4.98 Å². The number of nitrogens with zero attached hydrogens (tertiary/aromatic N) is 3. The number of rotatable bonds is 5. The van der Waals surface area contributed by atoms with Crippen molar-refractivity contribution in [3.8, 4) is 23.0 Å². The van der Waals surface area contributed by atoms with E-state index in [0.29, 0.717) is 0 Å². The van der Waals surface area contributed by atoms with Crippen LogP contribution in [0.1, 0.15) is 35.6 Å². The first-order chi connectivity index (χ1) is 17.0. The Kier molecular flexibility index (Phi) is 6.50. The number of nitrogens with one attached hydrogen (secondary N) is 1. The number of aliphatic hydroxyl groups is 1. The number of aromatic nitrogens is 2. The minimum absolute atomic E-state index is 0.215. The summed E-state index contributed by atoms with van der Waals surface area (Å²) in [4.78, 5) is 11.6. The molecule has 1 atom stereocenters. The first-order valence-electron chi connectivity index (χ1n) is 12.1. The van der Waals surface area contributed by atoms with Crippen LogP contribution in [0, 0.1) is 25.7 Å². The monoisotopic (exact) mass is 462 g/mol. The fourth-order valence-electron chi connectivity index (χ4n) is 4.89. The standard InChI is InChI=1S/C30H30N4O/c1-4-7-23-8-5-9-26(20(23)2)27-10-6-11-28(21(27)3)33-30-29-24(12-14-31-30)16-22(17-32-29)18-34-15-13-25(35)19-34/h5-6,8-12,14,16-17,25,35H,13,15,18-19H2,1-3H3,(H,31,33)/t25-/m1/s1. The Morgan fingerprint density at radius 1 is 1.06 bits per heavy atom. The Hall–Kier alpha value is -3.72. The third-order valence-electron chi connectivity index (χ3n) is 6.78. The van der Waals surface area contributed by atoms with Gasteiger partial charge in [-0.3, -0.25) is 9.88 Å². The molecule has 0 amide bonds. The van der Waals surface area contributed by atoms with Gasteiger partial charge in [0.05, 0.1) is 6.10 Å². The van der Waals surface area contributed by atoms with Crippen LogP contribution in [0.25, 0.3) is 22.0 Å². The Morgan fingerprint density at radius 3 is 2.63 bits per heavy atom. The summed E-state index contributed by atoms with van der Waals surface area (Å²) >= 11 is 0. The molecule has 2 aromatic heterocycles. The zero-order chi connectivity index (χ0) is 24.4. The van der Waals surface area contributed by atoms with Crippen molar-refractivity contribution in [2.24, 2.45) is 0 Å². The predicted molar refractivity (Wildman–Crippen MR) is 143 cm³/mol. The van der Waals surface area contributed by atoms with Gasteiger partial charge in [-0.05, 0) is 79.3 Å². The van der Waals surface area contributed by atoms with Crippen molar-refractivity contribution in [2.45, 2.75) is 39.8 Å². The quantitative estimate of drug-likeness (QED) is 0.378. The van der Waals surface area contributed by atoms with Crippen LogP contribution < -0.4 is 5.32 Å². The molecule has 1 fully saturated rings. The molecule has 2 N–H and O–H groups in total. The fourth-order valence-corrected chi connectivity index (χ4v) is 4.89. The summed E-state index contributed by atoms with van der Waals surface area (Å²) in [5.74, 6) is 6.97. The number of benzene rings is 2. The van der Waals surface area contributed by atoms with Crippen molar-refractivity contribution < 1.29 is 5.11 Å². The zero-order valence-electron chi connectivity index (χ0n) is 20.5. The van der Waals surface area contributed by atoms with Crippen molar-refractivity contribution in [2.75, 3.05) is 18.4 Å². The van der Waals surface area contributed by atoms with E-state index >= 15 is 0 Å². The lowest BCUT2D eigenvalue weighted by Gasteiger charge is -2.17. The highest BCUT2D eigenvalue weighted by Crippen LogP contribution is 2.34. The van der Waals surface area contributed by atoms with E-state index in [0.717, 1.165) is 65.2 Å². The van der Waals surface area contributed by atoms with Gasteiger partial charge >= 0.3 is 0 Å². The Balaban J connectivity index is 1.45. The van der Waals surface area contributed by atoms with Gasteiger partial charge in [0, 0.05) is 48.7 Å². The van der Waals surface area contributed by atoms with E-state index < -0.39 is 0 Å². The molecule has 35 heavy (non-hydrogen) atoms. The number of pyridine rings is 2. The average molecular weight is 463 g/mol. The molecule has 1 saturated heterocycles. The second kappa shape index (κ2) is 9.87. The summed E-state index contributed by atoms with van der Waals surface area (Å²) in [7, 11) is 0. The van der Waals surface area contributed by atoms with E-state index in [2.05, 4.69) is 83.4 Å². The molecule has 1 aliphatic rings. The summed E-state index contributed by atoms with van der Waals surface area (Å²) < 4.78 is 0. The number of fused-ring (bicyclic) bond motifs is 1. The molecular formula is C30H30N4O. The molecule has 4 aromatic rings. The Labute approximate surface area is 206 Å². The maximum Gasteiger partial charge on any atom is 0.156 e. The lowest BCUT2D eigenvalue weighted by Crippen LogP contribution is -2.21. The molecule has 3 heterocycles. The number of β-amino-alcohol motifs (C(OH)–C–C–N with tert-alkyl or cyclic N) is 1. The molecule has 0 bridgehead atoms. The lowest BCUT2D eigenvalue weighted by atomic mass is 9.93. The molecule has 0 saturated carbocycles. The summed E-state index contributed by atoms with van der Waals surface area (Å²) in [5.41, 5.74) is 8.76. The normalized spacial score (nSPS) is 15.7. The highest BCUT2D eigenvalue weighted by atomic mass is 16.3. The van der Waals surface area contributed by atoms with Gasteiger partial charge in [-0.15, -0.1) is 5.92 Å². The predicted octanol–water partition coefficient (Wildman–Crippen LogP) is 5.60. The van der Waals surface area contributed by atoms with Crippen LogP contribution in [0.5, 0.6) is 0 Å². The van der Waals surface area contributed by atoms with E-state index in [9.17, 15) is 5.11 Å². The minimum atomic E-state index is -0.215. The van der Waals surface area contributed by atoms with Gasteiger partial charge in [-0.2, -0.15) is 0 Å². The SMILES string of the molecule is CC#Cc1cccc(-c2cccc(Nc3nccc4cc(CN5CC[C@@H](O)C5)cnc34)c2C)c1C. The van der Waals surface area contributed by atoms with Crippen molar-refractivity contribution >= 4 is 22.4 Å². The maximum atomic E-state index is 9.81. The van der Waals surface area contributed by atoms with Crippen molar-refractivity contribution in [1.29, 1.82) is 0 Å². The van der Waals surface area contributed by atoms with E-state index in [1.54, 1.807) is 0 Å². The largest absolute Gasteiger partial charge is 0.392 e. The third kappa shape index (κ3) is 4.77. The van der Waals surface area contributed by atoms with E-state index in [1.807, 2.05) is 25.4 Å². The summed E-state index contributed by atoms with van der Waals surface area (Å²) in [6.45, 7) is 8.58. The number of hydrogen-bond donors (Lipinski definition) is 2. The lowest BCUT2D eigenvalue weighted by molar-refractivity contribution is 0.175. The molecule has 1 aliphatic heterocycles. The Bertz CT molecular complexity index is 1450. The van der Waals surface area contributed by atoms with E-state index in [-0.39, 0.29) is 6.10 Å². The molecule has 5 rings (SSSR count). The Morgan fingerprint density at radius 2 is 1.86 bits per heavy atom. The zero-order valence-corrected chi connectivity index (χ0v) is 20.5. The van der Waals surface area contributed by atoms with Gasteiger partial charge in [0.15, 0.2) is 5.82 Å². The molecular weight excluding hydrogens is 432 g/mol. The van der Waals surface area contributed by atoms with Crippen LogP contribution in [0.2, 0.25) is 0 Å². The van der Waals surface area contributed by atoms with Crippen LogP contribution >= 0.6 is 0 Å². The first kappa shape index (κ1) is 23.0. The summed E-state index contributed by atoms with van der Waals surface area (Å²) in [6, 6.07) is 16.8. The number of anilines is 2. The number of aliphatic hydroxyl groups excluding tert-OH is 1. The van der Waals surface area contributed by atoms with Gasteiger partial charge in [0.2, 0.25) is 0 Å². The fraction of sp³-hybridized carbons (Fsp3) is 0.267. The smallest absolute Gasteiger partial charge is 0.156 e.